The molecular formula is C13H24N2O3S. The smallest absolute Gasteiger partial charge is 0.240 e. The van der Waals surface area contributed by atoms with Gasteiger partial charge in [-0.2, -0.15) is 0 Å². The van der Waals surface area contributed by atoms with Crippen LogP contribution in [0.2, 0.25) is 0 Å². The summed E-state index contributed by atoms with van der Waals surface area (Å²) in [4.78, 5) is 14.2. The highest BCUT2D eigenvalue weighted by atomic mass is 32.2. The van der Waals surface area contributed by atoms with Crippen LogP contribution in [0.25, 0.3) is 0 Å². The van der Waals surface area contributed by atoms with Gasteiger partial charge >= 0.3 is 0 Å². The van der Waals surface area contributed by atoms with Crippen molar-refractivity contribution in [2.75, 3.05) is 25.4 Å². The predicted molar refractivity (Wildman–Crippen MR) is 74.3 cm³/mol. The van der Waals surface area contributed by atoms with Crippen molar-refractivity contribution in [3.63, 3.8) is 0 Å². The molecule has 6 heteroatoms. The lowest BCUT2D eigenvalue weighted by Gasteiger charge is -2.38. The summed E-state index contributed by atoms with van der Waals surface area (Å²) in [5.74, 6) is 0.777. The number of likely N-dealkylation sites (tertiary alicyclic amines) is 1. The lowest BCUT2D eigenvalue weighted by atomic mass is 9.87. The Labute approximate surface area is 115 Å². The molecule has 0 aromatic carbocycles. The molecule has 2 rings (SSSR count). The SMILES string of the molecule is CC1CCN(C(=O)C2CCCCS2(=O)=O)CC1CN. The number of amides is 1. The number of carbonyl (C=O) groups excluding carboxylic acids is 1. The summed E-state index contributed by atoms with van der Waals surface area (Å²) in [5, 5.41) is -0.798. The minimum absolute atomic E-state index is 0.161. The maximum absolute atomic E-state index is 12.4. The predicted octanol–water partition coefficient (Wildman–Crippen LogP) is 0.397. The number of sulfone groups is 1. The molecule has 2 heterocycles. The van der Waals surface area contributed by atoms with Gasteiger partial charge in [-0.15, -0.1) is 0 Å². The van der Waals surface area contributed by atoms with Gasteiger partial charge < -0.3 is 10.6 Å². The summed E-state index contributed by atoms with van der Waals surface area (Å²) in [6, 6.07) is 0. The van der Waals surface area contributed by atoms with Crippen molar-refractivity contribution in [2.45, 2.75) is 37.9 Å². The molecule has 1 amide bonds. The van der Waals surface area contributed by atoms with Gasteiger partial charge in [0.05, 0.1) is 5.75 Å². The highest BCUT2D eigenvalue weighted by Gasteiger charge is 2.39. The van der Waals surface area contributed by atoms with Crippen LogP contribution in [0.15, 0.2) is 0 Å². The van der Waals surface area contributed by atoms with Gasteiger partial charge in [0, 0.05) is 13.1 Å². The van der Waals surface area contributed by atoms with E-state index in [0.29, 0.717) is 44.3 Å². The fraction of sp³-hybridized carbons (Fsp3) is 0.923. The van der Waals surface area contributed by atoms with Crippen molar-refractivity contribution in [3.05, 3.63) is 0 Å². The van der Waals surface area contributed by atoms with E-state index < -0.39 is 15.1 Å². The van der Waals surface area contributed by atoms with Gasteiger partial charge in [0.2, 0.25) is 5.91 Å². The zero-order chi connectivity index (χ0) is 14.0. The van der Waals surface area contributed by atoms with Crippen molar-refractivity contribution in [3.8, 4) is 0 Å². The maximum atomic E-state index is 12.4. The van der Waals surface area contributed by atoms with Crippen LogP contribution in [0.3, 0.4) is 0 Å². The minimum Gasteiger partial charge on any atom is -0.341 e. The second-order valence-corrected chi connectivity index (χ2v) is 8.20. The van der Waals surface area contributed by atoms with Gasteiger partial charge in [-0.3, -0.25) is 4.79 Å². The Morgan fingerprint density at radius 3 is 2.68 bits per heavy atom. The first-order chi connectivity index (χ1) is 8.95. The van der Waals surface area contributed by atoms with Crippen LogP contribution in [0.4, 0.5) is 0 Å². The molecule has 0 aliphatic carbocycles. The van der Waals surface area contributed by atoms with Crippen LogP contribution >= 0.6 is 0 Å². The summed E-state index contributed by atoms with van der Waals surface area (Å²) in [6.45, 7) is 3.99. The second kappa shape index (κ2) is 5.79. The van der Waals surface area contributed by atoms with Crippen molar-refractivity contribution in [1.82, 2.24) is 4.90 Å². The van der Waals surface area contributed by atoms with Gasteiger partial charge in [-0.25, -0.2) is 8.42 Å². The number of piperidine rings is 1. The largest absolute Gasteiger partial charge is 0.341 e. The van der Waals surface area contributed by atoms with Gasteiger partial charge in [-0.05, 0) is 37.6 Å². The van der Waals surface area contributed by atoms with Crippen LogP contribution < -0.4 is 5.73 Å². The van der Waals surface area contributed by atoms with E-state index in [-0.39, 0.29) is 11.7 Å². The Bertz CT molecular complexity index is 435. The molecule has 0 saturated carbocycles. The van der Waals surface area contributed by atoms with E-state index in [1.54, 1.807) is 4.90 Å². The lowest BCUT2D eigenvalue weighted by molar-refractivity contribution is -0.133. The number of hydrogen-bond acceptors (Lipinski definition) is 4. The fourth-order valence-corrected chi connectivity index (χ4v) is 4.97. The average molecular weight is 288 g/mol. The van der Waals surface area contributed by atoms with Gasteiger partial charge in [0.15, 0.2) is 9.84 Å². The number of carbonyl (C=O) groups is 1. The third-order valence-corrected chi connectivity index (χ3v) is 6.74. The molecule has 0 radical (unpaired) electrons. The summed E-state index contributed by atoms with van der Waals surface area (Å²) < 4.78 is 24.0. The molecular weight excluding hydrogens is 264 g/mol. The Balaban J connectivity index is 2.07. The molecule has 3 unspecified atom stereocenters. The first kappa shape index (κ1) is 14.8. The zero-order valence-electron chi connectivity index (χ0n) is 11.5. The van der Waals surface area contributed by atoms with Crippen LogP contribution in [0.1, 0.15) is 32.6 Å². The Hall–Kier alpha value is -0.620. The molecule has 110 valence electrons. The van der Waals surface area contributed by atoms with Crippen LogP contribution in [-0.4, -0.2) is 49.9 Å². The molecule has 0 aromatic heterocycles. The van der Waals surface area contributed by atoms with E-state index in [9.17, 15) is 13.2 Å². The third-order valence-electron chi connectivity index (χ3n) is 4.58. The standard InChI is InChI=1S/C13H24N2O3S/c1-10-5-6-15(9-11(10)8-14)13(16)12-4-2-3-7-19(12,17)18/h10-12H,2-9,14H2,1H3. The second-order valence-electron chi connectivity index (χ2n) is 5.90. The summed E-state index contributed by atoms with van der Waals surface area (Å²) in [7, 11) is -3.23. The number of hydrogen-bond donors (Lipinski definition) is 1. The van der Waals surface area contributed by atoms with Crippen molar-refractivity contribution in [2.24, 2.45) is 17.6 Å². The van der Waals surface area contributed by atoms with Crippen LogP contribution in [0, 0.1) is 11.8 Å². The molecule has 2 aliphatic heterocycles. The fourth-order valence-electron chi connectivity index (χ4n) is 3.09. The molecule has 2 aliphatic rings. The van der Waals surface area contributed by atoms with Gasteiger partial charge in [0.25, 0.3) is 0 Å². The quantitative estimate of drug-likeness (QED) is 0.797. The van der Waals surface area contributed by atoms with Crippen molar-refractivity contribution >= 4 is 15.7 Å². The molecule has 19 heavy (non-hydrogen) atoms. The van der Waals surface area contributed by atoms with Gasteiger partial charge in [-0.1, -0.05) is 13.3 Å². The average Bonchev–Trinajstić information content (AvgIpc) is 2.38. The minimum atomic E-state index is -3.23. The molecule has 0 aromatic rings. The normalized spacial score (nSPS) is 35.1. The Morgan fingerprint density at radius 2 is 2.05 bits per heavy atom. The molecule has 2 N–H and O–H groups in total. The van der Waals surface area contributed by atoms with E-state index in [0.717, 1.165) is 12.8 Å². The molecule has 0 bridgehead atoms. The monoisotopic (exact) mass is 288 g/mol. The Morgan fingerprint density at radius 1 is 1.32 bits per heavy atom. The van der Waals surface area contributed by atoms with E-state index in [2.05, 4.69) is 6.92 Å². The van der Waals surface area contributed by atoms with Crippen LogP contribution in [0.5, 0.6) is 0 Å². The first-order valence-electron chi connectivity index (χ1n) is 7.16. The lowest BCUT2D eigenvalue weighted by Crippen LogP contribution is -2.51. The molecule has 2 saturated heterocycles. The highest BCUT2D eigenvalue weighted by Crippen LogP contribution is 2.26. The maximum Gasteiger partial charge on any atom is 0.240 e. The Kier molecular flexibility index (Phi) is 4.50. The van der Waals surface area contributed by atoms with Crippen molar-refractivity contribution in [1.29, 1.82) is 0 Å². The van der Waals surface area contributed by atoms with E-state index in [1.807, 2.05) is 0 Å². The van der Waals surface area contributed by atoms with E-state index in [4.69, 9.17) is 5.73 Å². The summed E-state index contributed by atoms with van der Waals surface area (Å²) >= 11 is 0. The molecule has 0 spiro atoms. The van der Waals surface area contributed by atoms with E-state index in [1.165, 1.54) is 0 Å². The zero-order valence-corrected chi connectivity index (χ0v) is 12.4. The molecule has 5 nitrogen and oxygen atoms in total. The number of rotatable bonds is 2. The van der Waals surface area contributed by atoms with Crippen molar-refractivity contribution < 1.29 is 13.2 Å². The van der Waals surface area contributed by atoms with Crippen LogP contribution in [-0.2, 0) is 14.6 Å². The first-order valence-corrected chi connectivity index (χ1v) is 8.87. The van der Waals surface area contributed by atoms with Gasteiger partial charge in [0.1, 0.15) is 5.25 Å². The highest BCUT2D eigenvalue weighted by molar-refractivity contribution is 7.92. The topological polar surface area (TPSA) is 80.5 Å². The summed E-state index contributed by atoms with van der Waals surface area (Å²) in [6.07, 6.45) is 2.93. The number of nitrogens with two attached hydrogens (primary N) is 1. The van der Waals surface area contributed by atoms with E-state index >= 15 is 0 Å². The third kappa shape index (κ3) is 3.11. The molecule has 3 atom stereocenters. The number of nitrogens with zero attached hydrogens (tertiary/aromatic N) is 1. The summed E-state index contributed by atoms with van der Waals surface area (Å²) in [5.41, 5.74) is 5.73. The molecule has 2 fully saturated rings.